The number of hydrogen-bond acceptors (Lipinski definition) is 6. The highest BCUT2D eigenvalue weighted by Gasteiger charge is 2.52. The number of ether oxygens (including phenoxy) is 1. The molecule has 0 amide bonds. The maximum atomic E-state index is 12.9. The lowest BCUT2D eigenvalue weighted by atomic mass is 9.73. The zero-order chi connectivity index (χ0) is 19.0. The number of pyridine rings is 1. The predicted octanol–water partition coefficient (Wildman–Crippen LogP) is 1.96. The van der Waals surface area contributed by atoms with Crippen molar-refractivity contribution in [1.82, 2.24) is 4.98 Å². The first-order valence-electron chi connectivity index (χ1n) is 7.38. The van der Waals surface area contributed by atoms with Crippen molar-refractivity contribution in [1.29, 1.82) is 0 Å². The van der Waals surface area contributed by atoms with Gasteiger partial charge in [0, 0.05) is 36.0 Å². The summed E-state index contributed by atoms with van der Waals surface area (Å²) in [6.07, 6.45) is 2.34. The monoisotopic (exact) mass is 415 g/mol. The summed E-state index contributed by atoms with van der Waals surface area (Å²) < 4.78 is 5.19. The second-order valence-electron chi connectivity index (χ2n) is 5.39. The summed E-state index contributed by atoms with van der Waals surface area (Å²) in [5.74, 6) is -4.41. The van der Waals surface area contributed by atoms with Crippen molar-refractivity contribution in [3.05, 3.63) is 28.5 Å². The summed E-state index contributed by atoms with van der Waals surface area (Å²) in [5.41, 5.74) is -2.36. The predicted molar refractivity (Wildman–Crippen MR) is 89.3 cm³/mol. The van der Waals surface area contributed by atoms with Gasteiger partial charge in [-0.05, 0) is 34.8 Å². The molecule has 8 nitrogen and oxygen atoms in total. The van der Waals surface area contributed by atoms with E-state index in [9.17, 15) is 24.3 Å². The molecule has 0 radical (unpaired) electrons. The Morgan fingerprint density at radius 1 is 1.20 bits per heavy atom. The van der Waals surface area contributed by atoms with Crippen LogP contribution >= 0.6 is 15.9 Å². The molecule has 0 aliphatic heterocycles. The Morgan fingerprint density at radius 2 is 1.88 bits per heavy atom. The fourth-order valence-corrected chi connectivity index (χ4v) is 2.77. The third-order valence-corrected chi connectivity index (χ3v) is 4.10. The number of carbonyl (C=O) groups excluding carboxylic acids is 2. The highest BCUT2D eigenvalue weighted by Crippen LogP contribution is 2.32. The molecule has 2 N–H and O–H groups in total. The summed E-state index contributed by atoms with van der Waals surface area (Å²) in [7, 11) is 1.22. The van der Waals surface area contributed by atoms with E-state index in [0.29, 0.717) is 4.47 Å². The van der Waals surface area contributed by atoms with Crippen molar-refractivity contribution in [3.8, 4) is 0 Å². The van der Waals surface area contributed by atoms with Crippen LogP contribution in [0, 0.1) is 5.41 Å². The van der Waals surface area contributed by atoms with Crippen LogP contribution in [0.4, 0.5) is 0 Å². The minimum absolute atomic E-state index is 0.0283. The Labute approximate surface area is 152 Å². The molecule has 0 saturated carbocycles. The smallest absolute Gasteiger partial charge is 0.325 e. The maximum absolute atomic E-state index is 12.9. The zero-order valence-electron chi connectivity index (χ0n) is 13.5. The van der Waals surface area contributed by atoms with E-state index in [1.807, 2.05) is 0 Å². The number of aliphatic carboxylic acids is 2. The third kappa shape index (κ3) is 5.17. The molecule has 9 heteroatoms. The Balaban J connectivity index is 3.23. The fourth-order valence-electron chi connectivity index (χ4n) is 2.41. The molecule has 1 unspecified atom stereocenters. The van der Waals surface area contributed by atoms with Crippen molar-refractivity contribution in [2.75, 3.05) is 13.7 Å². The number of carboxylic acid groups (broad SMARTS) is 2. The lowest BCUT2D eigenvalue weighted by Gasteiger charge is -2.26. The number of ketones is 2. The third-order valence-electron chi connectivity index (χ3n) is 3.66. The average molecular weight is 416 g/mol. The highest BCUT2D eigenvalue weighted by atomic mass is 79.9. The van der Waals surface area contributed by atoms with Gasteiger partial charge in [-0.2, -0.15) is 0 Å². The minimum Gasteiger partial charge on any atom is -0.481 e. The number of methoxy groups -OCH3 is 1. The van der Waals surface area contributed by atoms with Crippen LogP contribution in [0.5, 0.6) is 0 Å². The van der Waals surface area contributed by atoms with Gasteiger partial charge in [0.05, 0.1) is 0 Å². The van der Waals surface area contributed by atoms with Crippen molar-refractivity contribution >= 4 is 39.4 Å². The first kappa shape index (κ1) is 20.9. The molecular formula is C16H18BrNO7. The summed E-state index contributed by atoms with van der Waals surface area (Å²) in [4.78, 5) is 51.7. The molecular weight excluding hydrogens is 398 g/mol. The van der Waals surface area contributed by atoms with Gasteiger partial charge in [0.1, 0.15) is 6.61 Å². The fraction of sp³-hybridized carbons (Fsp3) is 0.438. The maximum Gasteiger partial charge on any atom is 0.325 e. The van der Waals surface area contributed by atoms with E-state index in [0.717, 1.165) is 0 Å². The number of halogens is 1. The number of nitrogens with zero attached hydrogens (tertiary/aromatic N) is 1. The van der Waals surface area contributed by atoms with Crippen LogP contribution in [-0.4, -0.2) is 52.4 Å². The van der Waals surface area contributed by atoms with Gasteiger partial charge in [-0.1, -0.05) is 6.42 Å². The van der Waals surface area contributed by atoms with E-state index < -0.39 is 35.5 Å². The number of rotatable bonds is 11. The van der Waals surface area contributed by atoms with Crippen molar-refractivity contribution in [2.24, 2.45) is 5.41 Å². The van der Waals surface area contributed by atoms with Gasteiger partial charge in [0.2, 0.25) is 0 Å². The molecule has 0 bridgehead atoms. The standard InChI is InChI=1S/C16H18BrNO7/c1-25-9-12(19)16(15(23)24,5-3-2-4-13(20)21)14(22)10-6-11(17)8-18-7-10/h6-8H,2-5,9H2,1H3,(H,20,21)(H,23,24). The second-order valence-corrected chi connectivity index (χ2v) is 6.30. The van der Waals surface area contributed by atoms with Gasteiger partial charge < -0.3 is 14.9 Å². The van der Waals surface area contributed by atoms with Crippen LogP contribution < -0.4 is 0 Å². The summed E-state index contributed by atoms with van der Waals surface area (Å²) in [6, 6.07) is 1.38. The largest absolute Gasteiger partial charge is 0.481 e. The first-order chi connectivity index (χ1) is 11.8. The molecule has 0 aliphatic rings. The van der Waals surface area contributed by atoms with E-state index in [1.54, 1.807) is 0 Å². The number of carbonyl (C=O) groups is 4. The number of aromatic nitrogens is 1. The molecule has 0 aromatic carbocycles. The SMILES string of the molecule is COCC(=O)C(CCCCC(=O)O)(C(=O)O)C(=O)c1cncc(Br)c1. The van der Waals surface area contributed by atoms with E-state index >= 15 is 0 Å². The highest BCUT2D eigenvalue weighted by molar-refractivity contribution is 9.10. The zero-order valence-corrected chi connectivity index (χ0v) is 15.1. The average Bonchev–Trinajstić information content (AvgIpc) is 2.54. The van der Waals surface area contributed by atoms with Gasteiger partial charge >= 0.3 is 11.9 Å². The molecule has 0 saturated heterocycles. The van der Waals surface area contributed by atoms with Gasteiger partial charge in [0.15, 0.2) is 17.0 Å². The summed E-state index contributed by atoms with van der Waals surface area (Å²) >= 11 is 3.14. The molecule has 1 atom stereocenters. The molecule has 136 valence electrons. The molecule has 1 heterocycles. The lowest BCUT2D eigenvalue weighted by molar-refractivity contribution is -0.153. The molecule has 25 heavy (non-hydrogen) atoms. The van der Waals surface area contributed by atoms with E-state index in [-0.39, 0.29) is 31.2 Å². The molecule has 1 rings (SSSR count). The van der Waals surface area contributed by atoms with Crippen LogP contribution in [0.2, 0.25) is 0 Å². The Hall–Kier alpha value is -2.13. The van der Waals surface area contributed by atoms with E-state index in [2.05, 4.69) is 20.9 Å². The van der Waals surface area contributed by atoms with Crippen molar-refractivity contribution in [2.45, 2.75) is 25.7 Å². The Morgan fingerprint density at radius 3 is 2.40 bits per heavy atom. The van der Waals surface area contributed by atoms with Gasteiger partial charge in [-0.15, -0.1) is 0 Å². The van der Waals surface area contributed by atoms with E-state index in [1.165, 1.54) is 25.6 Å². The number of unbranched alkanes of at least 4 members (excludes halogenated alkanes) is 1. The van der Waals surface area contributed by atoms with Crippen LogP contribution in [0.15, 0.2) is 22.9 Å². The number of Topliss-reactive ketones (excluding diaryl/α,β-unsaturated/α-hetero) is 2. The van der Waals surface area contributed by atoms with Gasteiger partial charge in [0.25, 0.3) is 0 Å². The summed E-state index contributed by atoms with van der Waals surface area (Å²) in [6.45, 7) is -0.543. The van der Waals surface area contributed by atoms with Gasteiger partial charge in [-0.3, -0.25) is 24.2 Å². The first-order valence-corrected chi connectivity index (χ1v) is 8.17. The molecule has 1 aromatic rings. The number of hydrogen-bond donors (Lipinski definition) is 2. The van der Waals surface area contributed by atoms with Crippen molar-refractivity contribution < 1.29 is 34.1 Å². The molecule has 0 aliphatic carbocycles. The van der Waals surface area contributed by atoms with Crippen LogP contribution in [-0.2, 0) is 19.1 Å². The number of carboxylic acids is 2. The lowest BCUT2D eigenvalue weighted by Crippen LogP contribution is -2.48. The van der Waals surface area contributed by atoms with Crippen LogP contribution in [0.25, 0.3) is 0 Å². The van der Waals surface area contributed by atoms with Crippen LogP contribution in [0.3, 0.4) is 0 Å². The van der Waals surface area contributed by atoms with Crippen molar-refractivity contribution in [3.63, 3.8) is 0 Å². The minimum atomic E-state index is -2.34. The normalized spacial score (nSPS) is 13.0. The van der Waals surface area contributed by atoms with Crippen LogP contribution in [0.1, 0.15) is 36.0 Å². The molecule has 0 spiro atoms. The quantitative estimate of drug-likeness (QED) is 0.318. The Kier molecular flexibility index (Phi) is 7.85. The second kappa shape index (κ2) is 9.38. The molecule has 1 aromatic heterocycles. The topological polar surface area (TPSA) is 131 Å². The summed E-state index contributed by atoms with van der Waals surface area (Å²) in [5, 5.41) is 18.4. The molecule has 0 fully saturated rings. The van der Waals surface area contributed by atoms with E-state index in [4.69, 9.17) is 9.84 Å². The van der Waals surface area contributed by atoms with Gasteiger partial charge in [-0.25, -0.2) is 0 Å². The Bertz CT molecular complexity index is 676.